The molecule has 1 N–H and O–H groups in total. The minimum atomic E-state index is -0.566. The SMILES string of the molecule is C=C(C)[C@@H]1C[C@H](C(C)(C)O)CC[C@]1(C)CC[Se]c1ccccc1. The van der Waals surface area contributed by atoms with E-state index in [1.807, 2.05) is 13.8 Å². The van der Waals surface area contributed by atoms with E-state index in [2.05, 4.69) is 50.8 Å². The van der Waals surface area contributed by atoms with Crippen molar-refractivity contribution in [3.05, 3.63) is 42.5 Å². The molecule has 23 heavy (non-hydrogen) atoms. The van der Waals surface area contributed by atoms with Gasteiger partial charge in [-0.05, 0) is 0 Å². The van der Waals surface area contributed by atoms with Gasteiger partial charge in [-0.15, -0.1) is 0 Å². The normalized spacial score (nSPS) is 28.6. The second kappa shape index (κ2) is 7.55. The van der Waals surface area contributed by atoms with E-state index in [9.17, 15) is 5.11 Å². The van der Waals surface area contributed by atoms with Gasteiger partial charge in [0.2, 0.25) is 0 Å². The summed E-state index contributed by atoms with van der Waals surface area (Å²) >= 11 is 0.566. The molecule has 0 saturated heterocycles. The van der Waals surface area contributed by atoms with E-state index in [0.717, 1.165) is 12.8 Å². The third kappa shape index (κ3) is 4.95. The fourth-order valence-corrected chi connectivity index (χ4v) is 6.44. The van der Waals surface area contributed by atoms with E-state index in [4.69, 9.17) is 0 Å². The van der Waals surface area contributed by atoms with Gasteiger partial charge < -0.3 is 0 Å². The fourth-order valence-electron chi connectivity index (χ4n) is 4.02. The molecule has 1 aromatic carbocycles. The molecule has 1 fully saturated rings. The van der Waals surface area contributed by atoms with E-state index in [1.54, 1.807) is 0 Å². The van der Waals surface area contributed by atoms with Gasteiger partial charge in [0.1, 0.15) is 0 Å². The number of rotatable bonds is 6. The quantitative estimate of drug-likeness (QED) is 0.566. The van der Waals surface area contributed by atoms with Crippen molar-refractivity contribution in [2.24, 2.45) is 17.3 Å². The van der Waals surface area contributed by atoms with E-state index in [-0.39, 0.29) is 0 Å². The zero-order valence-corrected chi connectivity index (χ0v) is 16.9. The second-order valence-corrected chi connectivity index (χ2v) is 10.5. The van der Waals surface area contributed by atoms with E-state index in [0.29, 0.717) is 32.2 Å². The first-order valence-electron chi connectivity index (χ1n) is 8.78. The van der Waals surface area contributed by atoms with Crippen LogP contribution >= 0.6 is 0 Å². The van der Waals surface area contributed by atoms with Gasteiger partial charge in [0.15, 0.2) is 0 Å². The first kappa shape index (κ1) is 18.8. The van der Waals surface area contributed by atoms with Crippen LogP contribution in [0, 0.1) is 17.3 Å². The summed E-state index contributed by atoms with van der Waals surface area (Å²) in [6.07, 6.45) is 4.72. The molecule has 0 aromatic heterocycles. The van der Waals surface area contributed by atoms with Crippen LogP contribution in [0.3, 0.4) is 0 Å². The summed E-state index contributed by atoms with van der Waals surface area (Å²) in [5.74, 6) is 0.941. The van der Waals surface area contributed by atoms with Gasteiger partial charge in [-0.3, -0.25) is 0 Å². The first-order chi connectivity index (χ1) is 10.7. The molecule has 0 spiro atoms. The van der Waals surface area contributed by atoms with Gasteiger partial charge in [-0.2, -0.15) is 0 Å². The van der Waals surface area contributed by atoms with Crippen molar-refractivity contribution < 1.29 is 5.11 Å². The molecule has 2 rings (SSSR count). The summed E-state index contributed by atoms with van der Waals surface area (Å²) in [6, 6.07) is 10.9. The molecule has 3 atom stereocenters. The monoisotopic (exact) mass is 380 g/mol. The predicted molar refractivity (Wildman–Crippen MR) is 101 cm³/mol. The molecule has 1 saturated carbocycles. The van der Waals surface area contributed by atoms with Crippen LogP contribution in [-0.4, -0.2) is 25.7 Å². The van der Waals surface area contributed by atoms with Crippen LogP contribution in [0.4, 0.5) is 0 Å². The van der Waals surface area contributed by atoms with Crippen molar-refractivity contribution in [1.29, 1.82) is 0 Å². The molecule has 0 unspecified atom stereocenters. The van der Waals surface area contributed by atoms with Gasteiger partial charge in [0.05, 0.1) is 0 Å². The van der Waals surface area contributed by atoms with Crippen molar-refractivity contribution in [3.63, 3.8) is 0 Å². The average molecular weight is 379 g/mol. The number of allylic oxidation sites excluding steroid dienone is 1. The molecule has 0 radical (unpaired) electrons. The molecule has 1 nitrogen and oxygen atoms in total. The Balaban J connectivity index is 1.99. The van der Waals surface area contributed by atoms with Gasteiger partial charge >= 0.3 is 149 Å². The van der Waals surface area contributed by atoms with Crippen LogP contribution in [0.5, 0.6) is 0 Å². The second-order valence-electron chi connectivity index (χ2n) is 8.09. The van der Waals surface area contributed by atoms with E-state index < -0.39 is 5.60 Å². The molecule has 1 aliphatic rings. The third-order valence-corrected chi connectivity index (χ3v) is 7.83. The predicted octanol–water partition coefficient (Wildman–Crippen LogP) is 4.59. The standard InChI is InChI=1S/C21H32OSe/c1-16(2)19-15-17(20(3,4)22)11-12-21(19,5)13-14-23-18-9-7-6-8-10-18/h6-10,17,19,22H,1,11-15H2,2-5H3/t17-,19+,21-/m1/s1. The van der Waals surface area contributed by atoms with Crippen molar-refractivity contribution in [1.82, 2.24) is 0 Å². The number of hydrogen-bond donors (Lipinski definition) is 1. The average Bonchev–Trinajstić information content (AvgIpc) is 2.47. The van der Waals surface area contributed by atoms with Crippen LogP contribution in [0.25, 0.3) is 0 Å². The Labute approximate surface area is 148 Å². The van der Waals surface area contributed by atoms with Crippen molar-refractivity contribution in [3.8, 4) is 0 Å². The molecule has 128 valence electrons. The van der Waals surface area contributed by atoms with Gasteiger partial charge in [-0.1, -0.05) is 0 Å². The van der Waals surface area contributed by atoms with Crippen molar-refractivity contribution in [2.45, 2.75) is 64.3 Å². The summed E-state index contributed by atoms with van der Waals surface area (Å²) in [5.41, 5.74) is 1.08. The summed E-state index contributed by atoms with van der Waals surface area (Å²) in [5, 5.41) is 11.7. The Morgan fingerprint density at radius 2 is 2.00 bits per heavy atom. The molecule has 0 heterocycles. The van der Waals surface area contributed by atoms with E-state index in [1.165, 1.54) is 28.2 Å². The zero-order valence-electron chi connectivity index (χ0n) is 15.1. The minimum absolute atomic E-state index is 0.351. The molecule has 0 amide bonds. The van der Waals surface area contributed by atoms with Gasteiger partial charge in [0, 0.05) is 0 Å². The maximum absolute atomic E-state index is 10.4. The van der Waals surface area contributed by atoms with E-state index >= 15 is 0 Å². The molecule has 1 aromatic rings. The summed E-state index contributed by atoms with van der Waals surface area (Å²) < 4.78 is 1.50. The summed E-state index contributed by atoms with van der Waals surface area (Å²) in [6.45, 7) is 12.8. The molecular formula is C21H32OSe. The molecular weight excluding hydrogens is 347 g/mol. The molecule has 0 bridgehead atoms. The van der Waals surface area contributed by atoms with Crippen LogP contribution in [0.1, 0.15) is 53.4 Å². The topological polar surface area (TPSA) is 20.2 Å². The fraction of sp³-hybridized carbons (Fsp3) is 0.619. The summed E-state index contributed by atoms with van der Waals surface area (Å²) in [7, 11) is 0. The Hall–Kier alpha value is -0.561. The molecule has 1 aliphatic carbocycles. The van der Waals surface area contributed by atoms with Crippen LogP contribution in [0.15, 0.2) is 42.5 Å². The maximum atomic E-state index is 10.4. The first-order valence-corrected chi connectivity index (χ1v) is 10.8. The Bertz CT molecular complexity index is 516. The molecule has 2 heteroatoms. The third-order valence-electron chi connectivity index (χ3n) is 5.70. The van der Waals surface area contributed by atoms with Crippen molar-refractivity contribution in [2.75, 3.05) is 0 Å². The van der Waals surface area contributed by atoms with Crippen LogP contribution < -0.4 is 4.46 Å². The zero-order chi connectivity index (χ0) is 17.1. The Morgan fingerprint density at radius 1 is 1.35 bits per heavy atom. The Morgan fingerprint density at radius 3 is 2.57 bits per heavy atom. The number of hydrogen-bond acceptors (Lipinski definition) is 1. The van der Waals surface area contributed by atoms with Crippen LogP contribution in [-0.2, 0) is 0 Å². The molecule has 0 aliphatic heterocycles. The van der Waals surface area contributed by atoms with Gasteiger partial charge in [-0.25, -0.2) is 0 Å². The number of benzene rings is 1. The van der Waals surface area contributed by atoms with Crippen LogP contribution in [0.2, 0.25) is 5.32 Å². The Kier molecular flexibility index (Phi) is 6.16. The van der Waals surface area contributed by atoms with Gasteiger partial charge in [0.25, 0.3) is 0 Å². The summed E-state index contributed by atoms with van der Waals surface area (Å²) in [4.78, 5) is 0. The van der Waals surface area contributed by atoms with Crippen molar-refractivity contribution >= 4 is 19.4 Å². The number of aliphatic hydroxyl groups is 1.